The molecule has 2 atom stereocenters. The summed E-state index contributed by atoms with van der Waals surface area (Å²) in [5.74, 6) is 0.723. The molecule has 34 heavy (non-hydrogen) atoms. The predicted molar refractivity (Wildman–Crippen MR) is 141 cm³/mol. The molecule has 1 aliphatic heterocycles. The van der Waals surface area contributed by atoms with Gasteiger partial charge < -0.3 is 4.90 Å². The van der Waals surface area contributed by atoms with Crippen molar-refractivity contribution in [3.8, 4) is 11.3 Å². The van der Waals surface area contributed by atoms with E-state index in [4.69, 9.17) is 0 Å². The highest BCUT2D eigenvalue weighted by molar-refractivity contribution is 7.89. The van der Waals surface area contributed by atoms with Crippen LogP contribution in [0.15, 0.2) is 63.9 Å². The molecule has 9 heteroatoms. The third-order valence-corrected chi connectivity index (χ3v) is 8.46. The number of hydrazone groups is 1. The Kier molecular flexibility index (Phi) is 7.35. The van der Waals surface area contributed by atoms with Crippen molar-refractivity contribution in [3.05, 3.63) is 59.5 Å². The van der Waals surface area contributed by atoms with Crippen LogP contribution in [0.2, 0.25) is 0 Å². The summed E-state index contributed by atoms with van der Waals surface area (Å²) in [5, 5.41) is 6.83. The van der Waals surface area contributed by atoms with Gasteiger partial charge in [0.2, 0.25) is 15.2 Å². The molecule has 2 heterocycles. The Hall–Kier alpha value is -2.75. The van der Waals surface area contributed by atoms with E-state index < -0.39 is 10.0 Å². The SMILES string of the molecule is CC1CC(C)CN(S(=O)(=O)c2cccc(-c3csc(NN=Cc4ccc(N(C)C)cc4)n3)c2)C1. The summed E-state index contributed by atoms with van der Waals surface area (Å²) in [7, 11) is 0.471. The molecule has 2 aromatic carbocycles. The third kappa shape index (κ3) is 5.65. The lowest BCUT2D eigenvalue weighted by molar-refractivity contribution is 0.222. The van der Waals surface area contributed by atoms with E-state index in [0.717, 1.165) is 28.9 Å². The van der Waals surface area contributed by atoms with E-state index in [-0.39, 0.29) is 0 Å². The molecule has 2 unspecified atom stereocenters. The van der Waals surface area contributed by atoms with Crippen LogP contribution < -0.4 is 10.3 Å². The van der Waals surface area contributed by atoms with Crippen molar-refractivity contribution in [3.63, 3.8) is 0 Å². The lowest BCUT2D eigenvalue weighted by Crippen LogP contribution is -2.42. The Balaban J connectivity index is 1.46. The van der Waals surface area contributed by atoms with Gasteiger partial charge in [0.25, 0.3) is 0 Å². The molecule has 1 saturated heterocycles. The molecule has 0 amide bonds. The molecule has 0 bridgehead atoms. The summed E-state index contributed by atoms with van der Waals surface area (Å²) >= 11 is 1.43. The summed E-state index contributed by atoms with van der Waals surface area (Å²) in [6.45, 7) is 5.36. The van der Waals surface area contributed by atoms with Crippen LogP contribution in [0.3, 0.4) is 0 Å². The number of anilines is 2. The highest BCUT2D eigenvalue weighted by Crippen LogP contribution is 2.30. The minimum Gasteiger partial charge on any atom is -0.378 e. The Labute approximate surface area is 206 Å². The summed E-state index contributed by atoms with van der Waals surface area (Å²) < 4.78 is 28.2. The van der Waals surface area contributed by atoms with Gasteiger partial charge in [-0.05, 0) is 48.1 Å². The number of hydrogen-bond donors (Lipinski definition) is 1. The highest BCUT2D eigenvalue weighted by Gasteiger charge is 2.31. The number of piperidine rings is 1. The van der Waals surface area contributed by atoms with Gasteiger partial charge in [-0.15, -0.1) is 11.3 Å². The van der Waals surface area contributed by atoms with E-state index in [2.05, 4.69) is 29.4 Å². The topological polar surface area (TPSA) is 77.9 Å². The first-order valence-corrected chi connectivity index (χ1v) is 13.7. The van der Waals surface area contributed by atoms with Gasteiger partial charge in [0.05, 0.1) is 16.8 Å². The zero-order valence-corrected chi connectivity index (χ0v) is 21.6. The molecular weight excluding hydrogens is 466 g/mol. The Morgan fingerprint density at radius 1 is 1.12 bits per heavy atom. The monoisotopic (exact) mass is 497 g/mol. The molecule has 0 aliphatic carbocycles. The molecule has 0 radical (unpaired) electrons. The Bertz CT molecular complexity index is 1240. The summed E-state index contributed by atoms with van der Waals surface area (Å²) in [5.41, 5.74) is 6.56. The minimum absolute atomic E-state index is 0.313. The first-order chi connectivity index (χ1) is 16.2. The van der Waals surface area contributed by atoms with Crippen LogP contribution in [0.25, 0.3) is 11.3 Å². The number of thiazole rings is 1. The average molecular weight is 498 g/mol. The maximum atomic E-state index is 13.3. The first kappa shape index (κ1) is 24.4. The van der Waals surface area contributed by atoms with E-state index in [1.165, 1.54) is 11.3 Å². The highest BCUT2D eigenvalue weighted by atomic mass is 32.2. The minimum atomic E-state index is -3.54. The van der Waals surface area contributed by atoms with E-state index in [1.807, 2.05) is 54.7 Å². The van der Waals surface area contributed by atoms with Gasteiger partial charge in [0.15, 0.2) is 0 Å². The molecule has 4 rings (SSSR count). The number of rotatable bonds is 7. The summed E-state index contributed by atoms with van der Waals surface area (Å²) in [6, 6.07) is 15.1. The van der Waals surface area contributed by atoms with Crippen LogP contribution in [0, 0.1) is 11.8 Å². The van der Waals surface area contributed by atoms with Gasteiger partial charge in [0, 0.05) is 43.8 Å². The Morgan fingerprint density at radius 3 is 2.50 bits per heavy atom. The van der Waals surface area contributed by atoms with Crippen LogP contribution >= 0.6 is 11.3 Å². The van der Waals surface area contributed by atoms with E-state index >= 15 is 0 Å². The van der Waals surface area contributed by atoms with E-state index in [9.17, 15) is 8.42 Å². The second kappa shape index (κ2) is 10.2. The number of nitrogens with zero attached hydrogens (tertiary/aromatic N) is 4. The van der Waals surface area contributed by atoms with E-state index in [0.29, 0.717) is 35.0 Å². The molecule has 7 nitrogen and oxygen atoms in total. The van der Waals surface area contributed by atoms with Gasteiger partial charge in [-0.3, -0.25) is 5.43 Å². The fourth-order valence-corrected chi connectivity index (χ4v) is 6.64. The average Bonchev–Trinajstić information content (AvgIpc) is 3.28. The van der Waals surface area contributed by atoms with Gasteiger partial charge in [-0.2, -0.15) is 9.41 Å². The molecule has 1 fully saturated rings. The van der Waals surface area contributed by atoms with Gasteiger partial charge in [-0.1, -0.05) is 38.1 Å². The van der Waals surface area contributed by atoms with Crippen molar-refractivity contribution < 1.29 is 8.42 Å². The maximum Gasteiger partial charge on any atom is 0.243 e. The maximum absolute atomic E-state index is 13.3. The number of nitrogens with one attached hydrogen (secondary N) is 1. The fourth-order valence-electron chi connectivity index (χ4n) is 4.25. The third-order valence-electron chi connectivity index (χ3n) is 5.89. The van der Waals surface area contributed by atoms with Crippen LogP contribution in [-0.4, -0.2) is 51.1 Å². The normalized spacial score (nSPS) is 19.4. The van der Waals surface area contributed by atoms with Crippen LogP contribution in [-0.2, 0) is 10.0 Å². The van der Waals surface area contributed by atoms with E-state index in [1.54, 1.807) is 28.7 Å². The number of benzene rings is 2. The number of sulfonamides is 1. The van der Waals surface area contributed by atoms with Crippen molar-refractivity contribution in [2.45, 2.75) is 25.2 Å². The Morgan fingerprint density at radius 2 is 1.82 bits per heavy atom. The van der Waals surface area contributed by atoms with Crippen molar-refractivity contribution in [1.29, 1.82) is 0 Å². The molecule has 1 aromatic heterocycles. The molecule has 0 spiro atoms. The second-order valence-electron chi connectivity index (χ2n) is 9.19. The molecule has 0 saturated carbocycles. The van der Waals surface area contributed by atoms with Crippen LogP contribution in [0.4, 0.5) is 10.8 Å². The quantitative estimate of drug-likeness (QED) is 0.368. The summed E-state index contributed by atoms with van der Waals surface area (Å²) in [4.78, 5) is 6.95. The first-order valence-electron chi connectivity index (χ1n) is 11.3. The predicted octanol–water partition coefficient (Wildman–Crippen LogP) is 4.99. The lowest BCUT2D eigenvalue weighted by atomic mass is 9.94. The molecule has 1 N–H and O–H groups in total. The van der Waals surface area contributed by atoms with Crippen molar-refractivity contribution >= 4 is 38.4 Å². The molecule has 180 valence electrons. The van der Waals surface area contributed by atoms with Gasteiger partial charge >= 0.3 is 0 Å². The zero-order valence-electron chi connectivity index (χ0n) is 20.0. The lowest BCUT2D eigenvalue weighted by Gasteiger charge is -2.34. The molecule has 3 aromatic rings. The zero-order chi connectivity index (χ0) is 24.3. The smallest absolute Gasteiger partial charge is 0.243 e. The van der Waals surface area contributed by atoms with Crippen LogP contribution in [0.5, 0.6) is 0 Å². The standard InChI is InChI=1S/C25H31N5O2S2/c1-18-12-19(2)16-30(15-18)34(31,32)23-7-5-6-21(13-23)24-17-33-25(27-24)28-26-14-20-8-10-22(11-9-20)29(3)4/h5-11,13-14,17-19H,12,15-16H2,1-4H3,(H,27,28). The summed E-state index contributed by atoms with van der Waals surface area (Å²) in [6.07, 6.45) is 2.80. The van der Waals surface area contributed by atoms with Gasteiger partial charge in [0.1, 0.15) is 0 Å². The van der Waals surface area contributed by atoms with Crippen molar-refractivity contribution in [2.75, 3.05) is 37.5 Å². The van der Waals surface area contributed by atoms with Gasteiger partial charge in [-0.25, -0.2) is 13.4 Å². The van der Waals surface area contributed by atoms with Crippen molar-refractivity contribution in [2.24, 2.45) is 16.9 Å². The largest absolute Gasteiger partial charge is 0.378 e. The fraction of sp³-hybridized carbons (Fsp3) is 0.360. The van der Waals surface area contributed by atoms with Crippen molar-refractivity contribution in [1.82, 2.24) is 9.29 Å². The molecular formula is C25H31N5O2S2. The number of aromatic nitrogens is 1. The second-order valence-corrected chi connectivity index (χ2v) is 12.0. The number of hydrogen-bond acceptors (Lipinski definition) is 7. The molecule has 1 aliphatic rings. The van der Waals surface area contributed by atoms with Crippen LogP contribution in [0.1, 0.15) is 25.8 Å².